The van der Waals surface area contributed by atoms with Crippen molar-refractivity contribution < 1.29 is 9.59 Å². The zero-order valence-corrected chi connectivity index (χ0v) is 16.9. The molecule has 3 rings (SSSR count). The third kappa shape index (κ3) is 4.46. The molecule has 7 heteroatoms. The summed E-state index contributed by atoms with van der Waals surface area (Å²) in [6.07, 6.45) is 3.92. The fourth-order valence-electron chi connectivity index (χ4n) is 2.75. The van der Waals surface area contributed by atoms with E-state index in [1.165, 1.54) is 0 Å². The molecular formula is C20H17BrClN3O2. The second-order valence-corrected chi connectivity index (χ2v) is 7.29. The van der Waals surface area contributed by atoms with Crippen LogP contribution < -0.4 is 5.32 Å². The summed E-state index contributed by atoms with van der Waals surface area (Å²) in [5.41, 5.74) is 1.29. The molecule has 0 spiro atoms. The maximum absolute atomic E-state index is 12.9. The van der Waals surface area contributed by atoms with Crippen molar-refractivity contribution >= 4 is 44.9 Å². The van der Waals surface area contributed by atoms with E-state index in [1.807, 2.05) is 13.0 Å². The van der Waals surface area contributed by atoms with Crippen molar-refractivity contribution in [3.8, 4) is 0 Å². The molecule has 5 nitrogen and oxygen atoms in total. The molecule has 27 heavy (non-hydrogen) atoms. The summed E-state index contributed by atoms with van der Waals surface area (Å²) in [6.45, 7) is 1.90. The monoisotopic (exact) mass is 445 g/mol. The molecule has 3 aromatic rings. The fraction of sp³-hybridized carbons (Fsp3) is 0.150. The number of ketones is 1. The highest BCUT2D eigenvalue weighted by Crippen LogP contribution is 2.25. The first kappa shape index (κ1) is 19.3. The third-order valence-corrected chi connectivity index (χ3v) is 4.74. The first-order valence-corrected chi connectivity index (χ1v) is 9.56. The second kappa shape index (κ2) is 8.50. The van der Waals surface area contributed by atoms with E-state index in [1.54, 1.807) is 59.5 Å². The van der Waals surface area contributed by atoms with E-state index in [4.69, 9.17) is 11.6 Å². The third-order valence-electron chi connectivity index (χ3n) is 4.10. The standard InChI is InChI=1S/C20H17BrClN3O2/c1-2-18(25-12-14(21)11-23-25)20(27)24-17-9-8-15(22)10-16(17)19(26)13-6-4-3-5-7-13/h3-12,18H,2H2,1H3,(H,24,27). The Hall–Kier alpha value is -2.44. The molecule has 0 saturated heterocycles. The number of hydrogen-bond donors (Lipinski definition) is 1. The van der Waals surface area contributed by atoms with Gasteiger partial charge in [-0.1, -0.05) is 48.9 Å². The summed E-state index contributed by atoms with van der Waals surface area (Å²) in [5.74, 6) is -0.458. The Bertz CT molecular complexity index is 972. The summed E-state index contributed by atoms with van der Waals surface area (Å²) in [5, 5.41) is 7.47. The van der Waals surface area contributed by atoms with Crippen molar-refractivity contribution in [1.29, 1.82) is 0 Å². The van der Waals surface area contributed by atoms with Gasteiger partial charge in [0.1, 0.15) is 6.04 Å². The van der Waals surface area contributed by atoms with Crippen LogP contribution in [0.15, 0.2) is 65.4 Å². The fourth-order valence-corrected chi connectivity index (χ4v) is 3.23. The van der Waals surface area contributed by atoms with Crippen molar-refractivity contribution in [3.63, 3.8) is 0 Å². The number of anilines is 1. The van der Waals surface area contributed by atoms with Crippen LogP contribution in [-0.4, -0.2) is 21.5 Å². The van der Waals surface area contributed by atoms with Crippen LogP contribution in [0.3, 0.4) is 0 Å². The van der Waals surface area contributed by atoms with Gasteiger partial charge in [-0.25, -0.2) is 0 Å². The molecule has 1 unspecified atom stereocenters. The van der Waals surface area contributed by atoms with Crippen LogP contribution >= 0.6 is 27.5 Å². The zero-order chi connectivity index (χ0) is 19.4. The Balaban J connectivity index is 1.90. The highest BCUT2D eigenvalue weighted by atomic mass is 79.9. The number of carbonyl (C=O) groups is 2. The zero-order valence-electron chi connectivity index (χ0n) is 14.5. The lowest BCUT2D eigenvalue weighted by atomic mass is 10.0. The molecule has 0 bridgehead atoms. The molecule has 138 valence electrons. The number of hydrogen-bond acceptors (Lipinski definition) is 3. The van der Waals surface area contributed by atoms with Crippen LogP contribution in [0, 0.1) is 0 Å². The van der Waals surface area contributed by atoms with E-state index in [-0.39, 0.29) is 11.7 Å². The lowest BCUT2D eigenvalue weighted by Gasteiger charge is -2.17. The van der Waals surface area contributed by atoms with E-state index in [0.29, 0.717) is 28.3 Å². The van der Waals surface area contributed by atoms with Crippen molar-refractivity contribution in [2.24, 2.45) is 0 Å². The Labute approximate surface area is 170 Å². The van der Waals surface area contributed by atoms with E-state index in [2.05, 4.69) is 26.3 Å². The Morgan fingerprint density at radius 2 is 1.96 bits per heavy atom. The second-order valence-electron chi connectivity index (χ2n) is 5.94. The molecule has 0 saturated carbocycles. The summed E-state index contributed by atoms with van der Waals surface area (Å²) in [4.78, 5) is 25.7. The molecule has 1 atom stereocenters. The van der Waals surface area contributed by atoms with E-state index >= 15 is 0 Å². The van der Waals surface area contributed by atoms with Gasteiger partial charge in [-0.3, -0.25) is 14.3 Å². The molecular weight excluding hydrogens is 430 g/mol. The van der Waals surface area contributed by atoms with Crippen molar-refractivity contribution in [2.45, 2.75) is 19.4 Å². The number of nitrogens with one attached hydrogen (secondary N) is 1. The van der Waals surface area contributed by atoms with Crippen LogP contribution in [0.2, 0.25) is 5.02 Å². The summed E-state index contributed by atoms with van der Waals surface area (Å²) in [7, 11) is 0. The molecule has 1 heterocycles. The summed E-state index contributed by atoms with van der Waals surface area (Å²) in [6, 6.07) is 13.2. The first-order valence-electron chi connectivity index (χ1n) is 8.39. The topological polar surface area (TPSA) is 64.0 Å². The van der Waals surface area contributed by atoms with Crippen LogP contribution in [-0.2, 0) is 4.79 Å². The smallest absolute Gasteiger partial charge is 0.249 e. The number of halogens is 2. The number of nitrogens with zero attached hydrogens (tertiary/aromatic N) is 2. The molecule has 0 aliphatic rings. The van der Waals surface area contributed by atoms with Gasteiger partial charge in [-0.2, -0.15) is 5.10 Å². The number of carbonyl (C=O) groups excluding carboxylic acids is 2. The summed E-state index contributed by atoms with van der Waals surface area (Å²) < 4.78 is 2.38. The van der Waals surface area contributed by atoms with Crippen molar-refractivity contribution in [2.75, 3.05) is 5.32 Å². The number of aromatic nitrogens is 2. The van der Waals surface area contributed by atoms with Gasteiger partial charge >= 0.3 is 0 Å². The van der Waals surface area contributed by atoms with E-state index in [0.717, 1.165) is 4.47 Å². The first-order chi connectivity index (χ1) is 13.0. The highest BCUT2D eigenvalue weighted by molar-refractivity contribution is 9.10. The van der Waals surface area contributed by atoms with Gasteiger partial charge in [0.15, 0.2) is 5.78 Å². The number of rotatable bonds is 6. The number of benzene rings is 2. The predicted molar refractivity (Wildman–Crippen MR) is 109 cm³/mol. The lowest BCUT2D eigenvalue weighted by Crippen LogP contribution is -2.26. The van der Waals surface area contributed by atoms with Crippen LogP contribution in [0.5, 0.6) is 0 Å². The molecule has 1 N–H and O–H groups in total. The minimum absolute atomic E-state index is 0.205. The SMILES string of the molecule is CCC(C(=O)Nc1ccc(Cl)cc1C(=O)c1ccccc1)n1cc(Br)cn1. The Kier molecular flexibility index (Phi) is 6.08. The molecule has 0 fully saturated rings. The van der Waals surface area contributed by atoms with Gasteiger partial charge in [0.25, 0.3) is 0 Å². The van der Waals surface area contributed by atoms with Crippen LogP contribution in [0.25, 0.3) is 0 Å². The summed E-state index contributed by atoms with van der Waals surface area (Å²) >= 11 is 9.42. The molecule has 0 radical (unpaired) electrons. The van der Waals surface area contributed by atoms with Gasteiger partial charge in [-0.05, 0) is 40.5 Å². The van der Waals surface area contributed by atoms with Gasteiger partial charge in [-0.15, -0.1) is 0 Å². The van der Waals surface area contributed by atoms with Gasteiger partial charge in [0.2, 0.25) is 5.91 Å². The maximum Gasteiger partial charge on any atom is 0.249 e. The molecule has 1 amide bonds. The maximum atomic E-state index is 12.9. The molecule has 0 aliphatic carbocycles. The van der Waals surface area contributed by atoms with Gasteiger partial charge in [0.05, 0.1) is 16.4 Å². The van der Waals surface area contributed by atoms with Crippen LogP contribution in [0.4, 0.5) is 5.69 Å². The largest absolute Gasteiger partial charge is 0.324 e. The average Bonchev–Trinajstić information content (AvgIpc) is 3.10. The normalized spacial score (nSPS) is 11.8. The molecule has 0 aliphatic heterocycles. The predicted octanol–water partition coefficient (Wildman–Crippen LogP) is 5.12. The molecule has 2 aromatic carbocycles. The Morgan fingerprint density at radius 3 is 2.59 bits per heavy atom. The van der Waals surface area contributed by atoms with Gasteiger partial charge < -0.3 is 5.32 Å². The van der Waals surface area contributed by atoms with Crippen molar-refractivity contribution in [3.05, 3.63) is 81.5 Å². The van der Waals surface area contributed by atoms with Crippen molar-refractivity contribution in [1.82, 2.24) is 9.78 Å². The Morgan fingerprint density at radius 1 is 1.22 bits per heavy atom. The number of amides is 1. The average molecular weight is 447 g/mol. The minimum atomic E-state index is -0.494. The lowest BCUT2D eigenvalue weighted by molar-refractivity contribution is -0.119. The highest BCUT2D eigenvalue weighted by Gasteiger charge is 2.22. The van der Waals surface area contributed by atoms with E-state index < -0.39 is 6.04 Å². The van der Waals surface area contributed by atoms with Gasteiger partial charge in [0, 0.05) is 22.3 Å². The van der Waals surface area contributed by atoms with E-state index in [9.17, 15) is 9.59 Å². The van der Waals surface area contributed by atoms with Crippen LogP contribution in [0.1, 0.15) is 35.3 Å². The minimum Gasteiger partial charge on any atom is -0.324 e. The quantitative estimate of drug-likeness (QED) is 0.535. The molecule has 1 aromatic heterocycles.